The summed E-state index contributed by atoms with van der Waals surface area (Å²) in [6, 6.07) is 9.57. The third kappa shape index (κ3) is 8.00. The third-order valence-corrected chi connectivity index (χ3v) is 9.89. The van der Waals surface area contributed by atoms with Gasteiger partial charge in [-0.05, 0) is 80.8 Å². The predicted molar refractivity (Wildman–Crippen MR) is 156 cm³/mol. The van der Waals surface area contributed by atoms with Gasteiger partial charge < -0.3 is 20.6 Å². The average Bonchev–Trinajstić information content (AvgIpc) is 2.96. The van der Waals surface area contributed by atoms with Gasteiger partial charge in [-0.3, -0.25) is 24.1 Å². The highest BCUT2D eigenvalue weighted by molar-refractivity contribution is 7.99. The number of benzene rings is 1. The first-order chi connectivity index (χ1) is 19.4. The molecule has 0 unspecified atom stereocenters. The van der Waals surface area contributed by atoms with Crippen LogP contribution >= 0.6 is 11.8 Å². The van der Waals surface area contributed by atoms with Gasteiger partial charge in [0.2, 0.25) is 17.7 Å². The molecule has 1 aromatic rings. The molecule has 0 aliphatic carbocycles. The second-order valence-corrected chi connectivity index (χ2v) is 12.8. The maximum absolute atomic E-state index is 13.7. The molecule has 3 amide bonds. The molecule has 10 heteroatoms. The van der Waals surface area contributed by atoms with Gasteiger partial charge in [-0.1, -0.05) is 30.3 Å². The Morgan fingerprint density at radius 3 is 2.48 bits per heavy atom. The van der Waals surface area contributed by atoms with Gasteiger partial charge in [-0.15, -0.1) is 0 Å². The topological polar surface area (TPSA) is 119 Å². The van der Waals surface area contributed by atoms with E-state index in [2.05, 4.69) is 32.2 Å². The summed E-state index contributed by atoms with van der Waals surface area (Å²) in [4.78, 5) is 53.0. The van der Waals surface area contributed by atoms with Gasteiger partial charge in [0.25, 0.3) is 6.47 Å². The van der Waals surface area contributed by atoms with Crippen LogP contribution in [0.25, 0.3) is 0 Å². The number of piperidine rings is 2. The van der Waals surface area contributed by atoms with Gasteiger partial charge in [-0.2, -0.15) is 11.8 Å². The van der Waals surface area contributed by atoms with E-state index in [1.807, 2.05) is 30.3 Å². The minimum atomic E-state index is -0.638. The van der Waals surface area contributed by atoms with Crippen molar-refractivity contribution >= 4 is 36.0 Å². The Kier molecular flexibility index (Phi) is 11.3. The lowest BCUT2D eigenvalue weighted by molar-refractivity contribution is -0.146. The van der Waals surface area contributed by atoms with Crippen molar-refractivity contribution in [3.05, 3.63) is 35.9 Å². The van der Waals surface area contributed by atoms with Crippen molar-refractivity contribution in [2.24, 2.45) is 11.8 Å². The fraction of sp³-hybridized carbons (Fsp3) is 0.667. The molecule has 0 saturated carbocycles. The van der Waals surface area contributed by atoms with Gasteiger partial charge in [0, 0.05) is 38.1 Å². The number of carbonyl (C=O) groups is 4. The van der Waals surface area contributed by atoms with Crippen molar-refractivity contribution in [3.63, 3.8) is 0 Å². The normalized spacial score (nSPS) is 30.4. The lowest BCUT2D eigenvalue weighted by Crippen LogP contribution is -2.63. The highest BCUT2D eigenvalue weighted by atomic mass is 32.2. The molecule has 0 spiro atoms. The molecular formula is C30H44N4O5S. The number of aryl methyl sites for hydroxylation is 1. The summed E-state index contributed by atoms with van der Waals surface area (Å²) in [7, 11) is 0. The largest absolute Gasteiger partial charge is 0.483 e. The van der Waals surface area contributed by atoms with Gasteiger partial charge >= 0.3 is 0 Å². The van der Waals surface area contributed by atoms with Crippen molar-refractivity contribution in [1.29, 1.82) is 0 Å². The second-order valence-electron chi connectivity index (χ2n) is 11.6. The number of thioether (sulfide) groups is 1. The number of nitrogens with one attached hydrogen (secondary N) is 2. The molecule has 4 saturated heterocycles. The summed E-state index contributed by atoms with van der Waals surface area (Å²) in [5, 5.41) is 12.8. The summed E-state index contributed by atoms with van der Waals surface area (Å²) < 4.78 is 0. The molecular weight excluding hydrogens is 528 g/mol. The van der Waals surface area contributed by atoms with Crippen LogP contribution in [-0.2, 0) is 25.6 Å². The molecule has 4 aliphatic heterocycles. The minimum absolute atomic E-state index is 0.0317. The van der Waals surface area contributed by atoms with E-state index in [0.29, 0.717) is 37.1 Å². The van der Waals surface area contributed by atoms with E-state index < -0.39 is 12.1 Å². The van der Waals surface area contributed by atoms with Crippen LogP contribution in [0.4, 0.5) is 0 Å². The zero-order chi connectivity index (χ0) is 28.5. The number of amides is 3. The lowest BCUT2D eigenvalue weighted by Gasteiger charge is -2.53. The smallest absolute Gasteiger partial charge is 0.290 e. The van der Waals surface area contributed by atoms with Crippen molar-refractivity contribution in [2.75, 3.05) is 31.1 Å². The molecule has 2 bridgehead atoms. The van der Waals surface area contributed by atoms with Gasteiger partial charge in [0.15, 0.2) is 0 Å². The Morgan fingerprint density at radius 1 is 1.02 bits per heavy atom. The standard InChI is InChI=1S/C29H42N4O3S.CH2O2/c1-20-29(36)33-18-22-16-23(19-32(17-22)24-12-14-37-15-13-24)26(33)8-5-9-27(34)31-25(28(35)30-20)11-10-21-6-3-2-4-7-21;2-1-3/h2-4,6-7,20,22-26H,5,8-19H2,1H3,(H,30,35)(H,31,34);1H,(H,2,3)/t20-,22+,23-,25+,26+;/m1./s1. The molecule has 9 nitrogen and oxygen atoms in total. The van der Waals surface area contributed by atoms with E-state index in [4.69, 9.17) is 9.90 Å². The summed E-state index contributed by atoms with van der Waals surface area (Å²) in [6.45, 7) is 4.44. The summed E-state index contributed by atoms with van der Waals surface area (Å²) in [5.74, 6) is 3.14. The molecule has 220 valence electrons. The molecule has 5 rings (SSSR count). The second kappa shape index (κ2) is 14.9. The van der Waals surface area contributed by atoms with Gasteiger partial charge in [0.1, 0.15) is 12.1 Å². The molecule has 0 aromatic heterocycles. The number of nitrogens with zero attached hydrogens (tertiary/aromatic N) is 2. The Hall–Kier alpha value is -2.59. The van der Waals surface area contributed by atoms with Crippen molar-refractivity contribution in [2.45, 2.75) is 82.5 Å². The summed E-state index contributed by atoms with van der Waals surface area (Å²) in [5.41, 5.74) is 1.13. The molecule has 0 radical (unpaired) electrons. The van der Waals surface area contributed by atoms with Crippen molar-refractivity contribution in [3.8, 4) is 0 Å². The van der Waals surface area contributed by atoms with Gasteiger partial charge in [-0.25, -0.2) is 0 Å². The molecule has 3 N–H and O–H groups in total. The third-order valence-electron chi connectivity index (χ3n) is 8.84. The summed E-state index contributed by atoms with van der Waals surface area (Å²) in [6.07, 6.45) is 6.88. The first-order valence-electron chi connectivity index (χ1n) is 14.7. The zero-order valence-corrected chi connectivity index (χ0v) is 24.3. The molecule has 1 aromatic carbocycles. The van der Waals surface area contributed by atoms with Crippen LogP contribution in [0.3, 0.4) is 0 Å². The molecule has 40 heavy (non-hydrogen) atoms. The van der Waals surface area contributed by atoms with E-state index in [1.165, 1.54) is 30.8 Å². The van der Waals surface area contributed by atoms with Crippen LogP contribution in [0.2, 0.25) is 0 Å². The fourth-order valence-corrected chi connectivity index (χ4v) is 8.03. The van der Waals surface area contributed by atoms with E-state index in [-0.39, 0.29) is 30.2 Å². The maximum atomic E-state index is 13.7. The van der Waals surface area contributed by atoms with E-state index in [0.717, 1.165) is 38.0 Å². The highest BCUT2D eigenvalue weighted by Gasteiger charge is 2.45. The van der Waals surface area contributed by atoms with Crippen LogP contribution in [-0.4, -0.2) is 94.4 Å². The predicted octanol–water partition coefficient (Wildman–Crippen LogP) is 2.54. The fourth-order valence-electron chi connectivity index (χ4n) is 6.94. The Morgan fingerprint density at radius 2 is 1.75 bits per heavy atom. The molecule has 4 heterocycles. The molecule has 4 aliphatic rings. The number of hydrogen-bond donors (Lipinski definition) is 3. The molecule has 4 fully saturated rings. The number of likely N-dealkylation sites (tertiary alicyclic amines) is 1. The van der Waals surface area contributed by atoms with E-state index in [9.17, 15) is 14.4 Å². The SMILES string of the molecule is C[C@H]1NC(=O)[C@H](CCc2ccccc2)NC(=O)CCC[C@H]2[C@@H]3C[C@@H](CN(C4CCSCC4)C3)CN2C1=O.O=CO. The van der Waals surface area contributed by atoms with Crippen molar-refractivity contribution in [1.82, 2.24) is 20.4 Å². The maximum Gasteiger partial charge on any atom is 0.290 e. The Bertz CT molecular complexity index is 1010. The average molecular weight is 573 g/mol. The number of fused-ring (bicyclic) bond motifs is 4. The van der Waals surface area contributed by atoms with Crippen LogP contribution < -0.4 is 10.6 Å². The zero-order valence-electron chi connectivity index (χ0n) is 23.5. The summed E-state index contributed by atoms with van der Waals surface area (Å²) >= 11 is 2.07. The number of carboxylic acid groups (broad SMARTS) is 1. The van der Waals surface area contributed by atoms with Gasteiger partial charge in [0.05, 0.1) is 0 Å². The Labute approximate surface area is 241 Å². The number of rotatable bonds is 4. The van der Waals surface area contributed by atoms with Crippen LogP contribution in [0, 0.1) is 11.8 Å². The van der Waals surface area contributed by atoms with Crippen LogP contribution in [0.5, 0.6) is 0 Å². The lowest BCUT2D eigenvalue weighted by atomic mass is 9.76. The Balaban J connectivity index is 0.00000118. The highest BCUT2D eigenvalue weighted by Crippen LogP contribution is 2.38. The van der Waals surface area contributed by atoms with E-state index >= 15 is 0 Å². The van der Waals surface area contributed by atoms with Crippen molar-refractivity contribution < 1.29 is 24.3 Å². The monoisotopic (exact) mass is 572 g/mol. The minimum Gasteiger partial charge on any atom is -0.483 e. The number of hydrogen-bond acceptors (Lipinski definition) is 6. The van der Waals surface area contributed by atoms with Crippen LogP contribution in [0.15, 0.2) is 30.3 Å². The first-order valence-corrected chi connectivity index (χ1v) is 15.9. The quantitative estimate of drug-likeness (QED) is 0.475. The molecule has 5 atom stereocenters. The number of carbonyl (C=O) groups excluding carboxylic acids is 3. The van der Waals surface area contributed by atoms with E-state index in [1.54, 1.807) is 6.92 Å². The van der Waals surface area contributed by atoms with Crippen LogP contribution in [0.1, 0.15) is 57.4 Å². The first kappa shape index (κ1) is 30.4.